The molecule has 0 heterocycles. The maximum atomic E-state index is 11.6. The van der Waals surface area contributed by atoms with Gasteiger partial charge in [-0.1, -0.05) is 37.3 Å². The minimum atomic E-state index is -0.293. The van der Waals surface area contributed by atoms with Gasteiger partial charge in [0.15, 0.2) is 0 Å². The average molecular weight is 322 g/mol. The van der Waals surface area contributed by atoms with Gasteiger partial charge < -0.3 is 4.74 Å². The summed E-state index contributed by atoms with van der Waals surface area (Å²) < 4.78 is 4.97. The highest BCUT2D eigenvalue weighted by Gasteiger charge is 2.26. The topological polar surface area (TPSA) is 26.3 Å². The van der Waals surface area contributed by atoms with E-state index in [-0.39, 0.29) is 11.4 Å². The monoisotopic (exact) mass is 322 g/mol. The van der Waals surface area contributed by atoms with Gasteiger partial charge in [0.25, 0.3) is 0 Å². The first kappa shape index (κ1) is 18.1. The molecule has 24 heavy (non-hydrogen) atoms. The van der Waals surface area contributed by atoms with Crippen molar-refractivity contribution in [3.63, 3.8) is 0 Å². The van der Waals surface area contributed by atoms with Crippen molar-refractivity contribution in [3.05, 3.63) is 58.7 Å². The number of allylic oxidation sites excluding steroid dienone is 4. The molecule has 0 spiro atoms. The quantitative estimate of drug-likeness (QED) is 0.558. The number of benzene rings is 1. The van der Waals surface area contributed by atoms with E-state index in [9.17, 15) is 4.79 Å². The van der Waals surface area contributed by atoms with Crippen LogP contribution < -0.4 is 0 Å². The van der Waals surface area contributed by atoms with E-state index in [0.29, 0.717) is 12.2 Å². The van der Waals surface area contributed by atoms with Gasteiger partial charge in [-0.15, -0.1) is 0 Å². The van der Waals surface area contributed by atoms with Gasteiger partial charge in [-0.05, 0) is 74.4 Å². The van der Waals surface area contributed by atoms with E-state index in [4.69, 9.17) is 4.74 Å². The maximum Gasteiger partial charge on any atom is 0.338 e. The zero-order valence-corrected chi connectivity index (χ0v) is 15.1. The molecule has 0 amide bonds. The van der Waals surface area contributed by atoms with Crippen molar-refractivity contribution in [1.82, 2.24) is 0 Å². The zero-order chi connectivity index (χ0) is 17.6. The van der Waals surface area contributed by atoms with Crippen LogP contribution in [0.4, 0.5) is 0 Å². The Morgan fingerprint density at radius 3 is 2.62 bits per heavy atom. The fourth-order valence-corrected chi connectivity index (χ4v) is 3.16. The summed E-state index contributed by atoms with van der Waals surface area (Å²) in [5.41, 5.74) is 4.58. The third-order valence-corrected chi connectivity index (χ3v) is 4.49. The molecule has 1 aliphatic carbocycles. The van der Waals surface area contributed by atoms with Crippen molar-refractivity contribution in [2.24, 2.45) is 5.41 Å². The number of carbonyl (C=O) groups excluding carboxylic acids is 1. The molecule has 0 aliphatic heterocycles. The summed E-state index contributed by atoms with van der Waals surface area (Å²) in [4.78, 5) is 11.6. The molecule has 0 bridgehead atoms. The Balaban J connectivity index is 2.06. The molecule has 126 valence electrons. The summed E-state index contributed by atoms with van der Waals surface area (Å²) in [5.74, 6) is 5.92. The van der Waals surface area contributed by atoms with Gasteiger partial charge >= 0.3 is 5.97 Å². The van der Waals surface area contributed by atoms with E-state index in [1.165, 1.54) is 30.4 Å². The fourth-order valence-electron chi connectivity index (χ4n) is 3.16. The van der Waals surface area contributed by atoms with Crippen LogP contribution in [0, 0.1) is 17.3 Å². The van der Waals surface area contributed by atoms with Gasteiger partial charge in [0.05, 0.1) is 12.2 Å². The molecule has 0 saturated carbocycles. The average Bonchev–Trinajstić information content (AvgIpc) is 2.54. The van der Waals surface area contributed by atoms with Crippen molar-refractivity contribution in [1.29, 1.82) is 0 Å². The minimum absolute atomic E-state index is 0.238. The normalized spacial score (nSPS) is 16.7. The molecule has 0 unspecified atom stereocenters. The maximum absolute atomic E-state index is 11.6. The van der Waals surface area contributed by atoms with Gasteiger partial charge in [0, 0.05) is 5.56 Å². The van der Waals surface area contributed by atoms with E-state index < -0.39 is 0 Å². The number of hydrogen-bond donors (Lipinski definition) is 0. The summed E-state index contributed by atoms with van der Waals surface area (Å²) in [5, 5.41) is 0. The highest BCUT2D eigenvalue weighted by molar-refractivity contribution is 5.89. The smallest absolute Gasteiger partial charge is 0.338 e. The Morgan fingerprint density at radius 1 is 1.29 bits per heavy atom. The molecule has 2 rings (SSSR count). The first-order valence-electron chi connectivity index (χ1n) is 8.59. The molecule has 0 saturated heterocycles. The Bertz CT molecular complexity index is 707. The number of carbonyl (C=O) groups is 1. The molecule has 1 aliphatic rings. The standard InChI is InChI=1S/C22H26O2/c1-5-24-21(23)19-14-12-18(13-15-19)10-6-7-11-20-17(2)9-8-16-22(20,3)4/h7,11-15H,5,8-9,16H2,1-4H3. The van der Waals surface area contributed by atoms with Crippen molar-refractivity contribution in [2.45, 2.75) is 47.0 Å². The molecular weight excluding hydrogens is 296 g/mol. The predicted octanol–water partition coefficient (Wildman–Crippen LogP) is 5.30. The highest BCUT2D eigenvalue weighted by atomic mass is 16.5. The van der Waals surface area contributed by atoms with Gasteiger partial charge in [0.2, 0.25) is 0 Å². The van der Waals surface area contributed by atoms with Crippen LogP contribution in [0.15, 0.2) is 47.6 Å². The van der Waals surface area contributed by atoms with Gasteiger partial charge in [-0.25, -0.2) is 4.79 Å². The number of esters is 1. The van der Waals surface area contributed by atoms with E-state index in [1.54, 1.807) is 19.1 Å². The zero-order valence-electron chi connectivity index (χ0n) is 15.1. The molecule has 0 N–H and O–H groups in total. The van der Waals surface area contributed by atoms with E-state index in [0.717, 1.165) is 5.56 Å². The molecule has 2 nitrogen and oxygen atoms in total. The first-order chi connectivity index (χ1) is 11.4. The molecule has 0 fully saturated rings. The van der Waals surface area contributed by atoms with Gasteiger partial charge in [-0.2, -0.15) is 0 Å². The molecule has 0 aromatic heterocycles. The third kappa shape index (κ3) is 4.61. The Labute approximate surface area is 145 Å². The van der Waals surface area contributed by atoms with Crippen LogP contribution in [0.3, 0.4) is 0 Å². The minimum Gasteiger partial charge on any atom is -0.462 e. The van der Waals surface area contributed by atoms with Crippen molar-refractivity contribution < 1.29 is 9.53 Å². The van der Waals surface area contributed by atoms with E-state index in [1.807, 2.05) is 18.2 Å². The lowest BCUT2D eigenvalue weighted by molar-refractivity contribution is 0.0526. The lowest BCUT2D eigenvalue weighted by Gasteiger charge is -2.32. The largest absolute Gasteiger partial charge is 0.462 e. The summed E-state index contributed by atoms with van der Waals surface area (Å²) >= 11 is 0. The molecule has 1 aromatic carbocycles. The molecule has 2 heteroatoms. The molecule has 0 atom stereocenters. The van der Waals surface area contributed by atoms with Crippen LogP contribution in [0.1, 0.15) is 62.9 Å². The van der Waals surface area contributed by atoms with Crippen LogP contribution in [0.25, 0.3) is 0 Å². The summed E-state index contributed by atoms with van der Waals surface area (Å²) in [6.07, 6.45) is 7.78. The number of rotatable bonds is 3. The Morgan fingerprint density at radius 2 is 2.00 bits per heavy atom. The van der Waals surface area contributed by atoms with Crippen LogP contribution >= 0.6 is 0 Å². The SMILES string of the molecule is CCOC(=O)c1ccc(C#CC=CC2=C(C)CCCC2(C)C)cc1. The Kier molecular flexibility index (Phi) is 6.04. The number of hydrogen-bond acceptors (Lipinski definition) is 2. The first-order valence-corrected chi connectivity index (χ1v) is 8.59. The van der Waals surface area contributed by atoms with Crippen molar-refractivity contribution >= 4 is 5.97 Å². The second-order valence-electron chi connectivity index (χ2n) is 6.83. The van der Waals surface area contributed by atoms with Crippen LogP contribution in [-0.2, 0) is 4.74 Å². The lowest BCUT2D eigenvalue weighted by Crippen LogP contribution is -2.18. The van der Waals surface area contributed by atoms with Crippen molar-refractivity contribution in [2.75, 3.05) is 6.61 Å². The van der Waals surface area contributed by atoms with Crippen molar-refractivity contribution in [3.8, 4) is 11.8 Å². The van der Waals surface area contributed by atoms with E-state index in [2.05, 4.69) is 38.7 Å². The third-order valence-electron chi connectivity index (χ3n) is 4.49. The number of ether oxygens (including phenoxy) is 1. The second kappa shape index (κ2) is 8.02. The summed E-state index contributed by atoms with van der Waals surface area (Å²) in [6.45, 7) is 9.02. The van der Waals surface area contributed by atoms with E-state index >= 15 is 0 Å². The van der Waals surface area contributed by atoms with Crippen LogP contribution in [0.2, 0.25) is 0 Å². The fraction of sp³-hybridized carbons (Fsp3) is 0.409. The second-order valence-corrected chi connectivity index (χ2v) is 6.83. The Hall–Kier alpha value is -2.27. The van der Waals surface area contributed by atoms with Crippen LogP contribution in [0.5, 0.6) is 0 Å². The highest BCUT2D eigenvalue weighted by Crippen LogP contribution is 2.40. The molecule has 1 aromatic rings. The lowest BCUT2D eigenvalue weighted by atomic mass is 9.73. The van der Waals surface area contributed by atoms with Gasteiger partial charge in [0.1, 0.15) is 0 Å². The van der Waals surface area contributed by atoms with Gasteiger partial charge in [-0.3, -0.25) is 0 Å². The molecular formula is C22H26O2. The summed E-state index contributed by atoms with van der Waals surface area (Å²) in [7, 11) is 0. The predicted molar refractivity (Wildman–Crippen MR) is 98.7 cm³/mol. The summed E-state index contributed by atoms with van der Waals surface area (Å²) in [6, 6.07) is 7.20. The van der Waals surface area contributed by atoms with Crippen LogP contribution in [-0.4, -0.2) is 12.6 Å². The molecule has 0 radical (unpaired) electrons.